The van der Waals surface area contributed by atoms with Gasteiger partial charge in [0.2, 0.25) is 0 Å². The molecule has 0 aromatic heterocycles. The van der Waals surface area contributed by atoms with Crippen LogP contribution in [0.2, 0.25) is 0 Å². The fourth-order valence-corrected chi connectivity index (χ4v) is 3.60. The van der Waals surface area contributed by atoms with Crippen molar-refractivity contribution in [2.45, 2.75) is 6.42 Å². The summed E-state index contributed by atoms with van der Waals surface area (Å²) < 4.78 is 5.13. The molecule has 2 amide bonds. The molecule has 1 aliphatic rings. The Labute approximate surface area is 197 Å². The molecule has 0 unspecified atom stereocenters. The van der Waals surface area contributed by atoms with E-state index in [-0.39, 0.29) is 23.0 Å². The van der Waals surface area contributed by atoms with Crippen LogP contribution in [0.4, 0.5) is 0 Å². The number of nitriles is 1. The molecule has 168 valence electrons. The van der Waals surface area contributed by atoms with Crippen LogP contribution in [-0.4, -0.2) is 31.3 Å². The van der Waals surface area contributed by atoms with Gasteiger partial charge in [-0.25, -0.2) is 4.99 Å². The number of methoxy groups -OCH3 is 1. The summed E-state index contributed by atoms with van der Waals surface area (Å²) in [6.45, 7) is 0.383. The summed E-state index contributed by atoms with van der Waals surface area (Å²) in [5, 5.41) is 15.3. The lowest BCUT2D eigenvalue weighted by Gasteiger charge is -2.07. The van der Waals surface area contributed by atoms with Crippen molar-refractivity contribution in [3.05, 3.63) is 107 Å². The Hall–Kier alpha value is -4.70. The van der Waals surface area contributed by atoms with Crippen LogP contribution in [0, 0.1) is 11.3 Å². The largest absolute Gasteiger partial charge is 0.497 e. The highest BCUT2D eigenvalue weighted by Gasteiger charge is 2.27. The monoisotopic (exact) mass is 450 g/mol. The molecule has 34 heavy (non-hydrogen) atoms. The van der Waals surface area contributed by atoms with E-state index in [1.807, 2.05) is 42.5 Å². The Morgan fingerprint density at radius 1 is 0.941 bits per heavy atom. The van der Waals surface area contributed by atoms with Gasteiger partial charge in [-0.1, -0.05) is 54.6 Å². The van der Waals surface area contributed by atoms with Crippen molar-refractivity contribution in [3.8, 4) is 11.8 Å². The Kier molecular flexibility index (Phi) is 6.80. The Morgan fingerprint density at radius 3 is 2.29 bits per heavy atom. The van der Waals surface area contributed by atoms with E-state index in [9.17, 15) is 14.9 Å². The van der Waals surface area contributed by atoms with Gasteiger partial charge in [0.05, 0.1) is 12.8 Å². The van der Waals surface area contributed by atoms with Gasteiger partial charge in [-0.15, -0.1) is 0 Å². The number of amidine groups is 1. The summed E-state index contributed by atoms with van der Waals surface area (Å²) in [5.41, 5.74) is 2.90. The fourth-order valence-electron chi connectivity index (χ4n) is 3.60. The average molecular weight is 450 g/mol. The number of carbonyl (C=O) groups excluding carboxylic acids is 2. The van der Waals surface area contributed by atoms with Gasteiger partial charge in [0.25, 0.3) is 11.8 Å². The van der Waals surface area contributed by atoms with Crippen LogP contribution in [0.1, 0.15) is 27.0 Å². The van der Waals surface area contributed by atoms with Crippen LogP contribution in [0.25, 0.3) is 5.70 Å². The van der Waals surface area contributed by atoms with E-state index >= 15 is 0 Å². The van der Waals surface area contributed by atoms with Crippen molar-refractivity contribution in [2.24, 2.45) is 4.99 Å². The summed E-state index contributed by atoms with van der Waals surface area (Å²) in [6.07, 6.45) is 0.643. The molecule has 3 aromatic rings. The molecule has 0 atom stereocenters. The summed E-state index contributed by atoms with van der Waals surface area (Å²) in [5.74, 6) is 0.0662. The van der Waals surface area contributed by atoms with Gasteiger partial charge in [-0.05, 0) is 36.2 Å². The molecule has 0 saturated carbocycles. The summed E-state index contributed by atoms with van der Waals surface area (Å²) in [4.78, 5) is 30.1. The van der Waals surface area contributed by atoms with Gasteiger partial charge in [0.15, 0.2) is 0 Å². The lowest BCUT2D eigenvalue weighted by atomic mass is 10.0. The standard InChI is InChI=1S/C27H22N4O3/c1-34-20-13-11-19(12-14-20)26(32)31-25-22-10-6-5-9-21(22)24(30-25)23(17-28)27(33)29-16-15-18-7-3-2-4-8-18/h2-14H,15-16H2,1H3,(H,29,33)(H,30,31,32)/b24-23-. The molecule has 0 bridgehead atoms. The summed E-state index contributed by atoms with van der Waals surface area (Å²) in [7, 11) is 1.55. The predicted octanol–water partition coefficient (Wildman–Crippen LogP) is 3.48. The Morgan fingerprint density at radius 2 is 1.62 bits per heavy atom. The second-order valence-electron chi connectivity index (χ2n) is 7.52. The molecule has 3 aromatic carbocycles. The van der Waals surface area contributed by atoms with E-state index in [1.165, 1.54) is 0 Å². The van der Waals surface area contributed by atoms with Crippen LogP contribution >= 0.6 is 0 Å². The molecule has 0 spiro atoms. The van der Waals surface area contributed by atoms with Crippen LogP contribution in [0.15, 0.2) is 89.4 Å². The van der Waals surface area contributed by atoms with E-state index in [2.05, 4.69) is 15.6 Å². The molecule has 1 aliphatic heterocycles. The number of hydrogen-bond donors (Lipinski definition) is 2. The van der Waals surface area contributed by atoms with Gasteiger partial charge >= 0.3 is 0 Å². The van der Waals surface area contributed by atoms with Crippen molar-refractivity contribution in [1.29, 1.82) is 5.26 Å². The van der Waals surface area contributed by atoms with Crippen LogP contribution in [0.3, 0.4) is 0 Å². The third kappa shape index (κ3) is 4.87. The smallest absolute Gasteiger partial charge is 0.264 e. The minimum atomic E-state index is -0.505. The van der Waals surface area contributed by atoms with E-state index in [0.717, 1.165) is 5.56 Å². The number of hydrogen-bond acceptors (Lipinski definition) is 5. The lowest BCUT2D eigenvalue weighted by Crippen LogP contribution is -2.30. The van der Waals surface area contributed by atoms with Gasteiger partial charge in [-0.2, -0.15) is 5.26 Å². The molecule has 7 nitrogen and oxygen atoms in total. The predicted molar refractivity (Wildman–Crippen MR) is 129 cm³/mol. The maximum Gasteiger partial charge on any atom is 0.264 e. The minimum Gasteiger partial charge on any atom is -0.497 e. The second-order valence-corrected chi connectivity index (χ2v) is 7.52. The fraction of sp³-hybridized carbons (Fsp3) is 0.111. The first kappa shape index (κ1) is 22.5. The van der Waals surface area contributed by atoms with Gasteiger partial charge in [0, 0.05) is 23.2 Å². The number of benzene rings is 3. The third-order valence-corrected chi connectivity index (χ3v) is 5.36. The highest BCUT2D eigenvalue weighted by Crippen LogP contribution is 2.30. The van der Waals surface area contributed by atoms with E-state index in [0.29, 0.717) is 35.4 Å². The molecular formula is C27H22N4O3. The van der Waals surface area contributed by atoms with Crippen molar-refractivity contribution in [1.82, 2.24) is 10.6 Å². The molecule has 4 rings (SSSR count). The zero-order chi connectivity index (χ0) is 23.9. The summed E-state index contributed by atoms with van der Waals surface area (Å²) in [6, 6.07) is 25.6. The van der Waals surface area contributed by atoms with Crippen molar-refractivity contribution < 1.29 is 14.3 Å². The normalized spacial score (nSPS) is 13.2. The molecule has 7 heteroatoms. The highest BCUT2D eigenvalue weighted by molar-refractivity contribution is 6.20. The SMILES string of the molecule is COc1ccc(C(=O)NC2=N/C(=C(/C#N)C(=O)NCCc3ccccc3)c3ccccc32)cc1. The first-order chi connectivity index (χ1) is 16.6. The lowest BCUT2D eigenvalue weighted by molar-refractivity contribution is -0.117. The maximum atomic E-state index is 12.8. The van der Waals surface area contributed by atoms with Crippen molar-refractivity contribution >= 4 is 23.3 Å². The third-order valence-electron chi connectivity index (χ3n) is 5.36. The van der Waals surface area contributed by atoms with Crippen molar-refractivity contribution in [2.75, 3.05) is 13.7 Å². The van der Waals surface area contributed by atoms with Gasteiger partial charge < -0.3 is 15.4 Å². The minimum absolute atomic E-state index is 0.103. The zero-order valence-electron chi connectivity index (χ0n) is 18.5. The summed E-state index contributed by atoms with van der Waals surface area (Å²) >= 11 is 0. The molecule has 2 N–H and O–H groups in total. The topological polar surface area (TPSA) is 104 Å². The molecular weight excluding hydrogens is 428 g/mol. The van der Waals surface area contributed by atoms with E-state index in [4.69, 9.17) is 4.74 Å². The first-order valence-corrected chi connectivity index (χ1v) is 10.7. The van der Waals surface area contributed by atoms with Crippen molar-refractivity contribution in [3.63, 3.8) is 0 Å². The quantitative estimate of drug-likeness (QED) is 0.443. The zero-order valence-corrected chi connectivity index (χ0v) is 18.5. The van der Waals surface area contributed by atoms with Crippen LogP contribution in [0.5, 0.6) is 5.75 Å². The van der Waals surface area contributed by atoms with Gasteiger partial charge in [-0.3, -0.25) is 9.59 Å². The number of ether oxygens (including phenoxy) is 1. The highest BCUT2D eigenvalue weighted by atomic mass is 16.5. The van der Waals surface area contributed by atoms with E-state index < -0.39 is 5.91 Å². The molecule has 0 radical (unpaired) electrons. The van der Waals surface area contributed by atoms with E-state index in [1.54, 1.807) is 49.6 Å². The molecule has 0 aliphatic carbocycles. The number of fused-ring (bicyclic) bond motifs is 1. The van der Waals surface area contributed by atoms with Crippen LogP contribution < -0.4 is 15.4 Å². The number of nitrogens with zero attached hydrogens (tertiary/aromatic N) is 2. The first-order valence-electron chi connectivity index (χ1n) is 10.7. The number of carbonyl (C=O) groups is 2. The molecule has 0 saturated heterocycles. The number of amides is 2. The number of rotatable bonds is 6. The maximum absolute atomic E-state index is 12.8. The Bertz CT molecular complexity index is 1320. The second kappa shape index (κ2) is 10.3. The number of nitrogens with one attached hydrogen (secondary N) is 2. The Balaban J connectivity index is 1.56. The molecule has 1 heterocycles. The molecule has 0 fully saturated rings. The van der Waals surface area contributed by atoms with Gasteiger partial charge in [0.1, 0.15) is 23.2 Å². The average Bonchev–Trinajstić information content (AvgIpc) is 3.23. The van der Waals surface area contributed by atoms with Crippen LogP contribution in [-0.2, 0) is 11.2 Å². The number of aliphatic imine (C=N–C) groups is 1.